The summed E-state index contributed by atoms with van der Waals surface area (Å²) in [5.74, 6) is 1.38. The number of ether oxygens (including phenoxy) is 2. The van der Waals surface area contributed by atoms with Crippen molar-refractivity contribution >= 4 is 17.3 Å². The first kappa shape index (κ1) is 15.7. The van der Waals surface area contributed by atoms with Gasteiger partial charge in [0.25, 0.3) is 0 Å². The molecule has 0 heterocycles. The lowest BCUT2D eigenvalue weighted by molar-refractivity contribution is -0.116. The summed E-state index contributed by atoms with van der Waals surface area (Å²) in [5, 5.41) is 6.00. The van der Waals surface area contributed by atoms with E-state index in [9.17, 15) is 4.79 Å². The molecule has 2 N–H and O–H groups in total. The molecular weight excluding hydrogens is 280 g/mol. The zero-order valence-corrected chi connectivity index (χ0v) is 12.9. The molecule has 5 nitrogen and oxygen atoms in total. The van der Waals surface area contributed by atoms with E-state index in [4.69, 9.17) is 9.47 Å². The zero-order chi connectivity index (χ0) is 15.9. The molecule has 1 atom stereocenters. The van der Waals surface area contributed by atoms with E-state index in [-0.39, 0.29) is 11.9 Å². The van der Waals surface area contributed by atoms with Gasteiger partial charge in [-0.2, -0.15) is 0 Å². The fraction of sp³-hybridized carbons (Fsp3) is 0.235. The third-order valence-electron chi connectivity index (χ3n) is 3.20. The lowest BCUT2D eigenvalue weighted by Crippen LogP contribution is -2.31. The molecule has 0 aliphatic rings. The van der Waals surface area contributed by atoms with Crippen molar-refractivity contribution in [3.8, 4) is 11.5 Å². The molecule has 22 heavy (non-hydrogen) atoms. The zero-order valence-electron chi connectivity index (χ0n) is 12.9. The molecule has 2 aromatic rings. The third-order valence-corrected chi connectivity index (χ3v) is 3.20. The van der Waals surface area contributed by atoms with Crippen molar-refractivity contribution in [1.29, 1.82) is 0 Å². The number of rotatable bonds is 6. The van der Waals surface area contributed by atoms with Crippen molar-refractivity contribution in [2.45, 2.75) is 13.0 Å². The minimum absolute atomic E-state index is 0.118. The quantitative estimate of drug-likeness (QED) is 0.860. The molecule has 0 aliphatic carbocycles. The number of carbonyl (C=O) groups is 1. The number of amides is 1. The van der Waals surface area contributed by atoms with Crippen LogP contribution in [0.15, 0.2) is 48.5 Å². The van der Waals surface area contributed by atoms with Crippen molar-refractivity contribution in [3.63, 3.8) is 0 Å². The molecule has 2 aromatic carbocycles. The maximum Gasteiger partial charge on any atom is 0.246 e. The summed E-state index contributed by atoms with van der Waals surface area (Å²) in [6.45, 7) is 1.80. The number of benzene rings is 2. The Hall–Kier alpha value is -2.69. The Labute approximate surface area is 130 Å². The molecule has 0 fully saturated rings. The molecule has 0 saturated carbocycles. The Balaban J connectivity index is 1.96. The molecule has 116 valence electrons. The summed E-state index contributed by atoms with van der Waals surface area (Å²) in [5.41, 5.74) is 1.56. The average molecular weight is 300 g/mol. The molecule has 5 heteroatoms. The van der Waals surface area contributed by atoms with Gasteiger partial charge < -0.3 is 20.1 Å². The fourth-order valence-electron chi connectivity index (χ4n) is 1.95. The summed E-state index contributed by atoms with van der Waals surface area (Å²) in [4.78, 5) is 12.2. The largest absolute Gasteiger partial charge is 0.497 e. The van der Waals surface area contributed by atoms with Gasteiger partial charge in [-0.05, 0) is 43.3 Å². The van der Waals surface area contributed by atoms with Crippen molar-refractivity contribution in [3.05, 3.63) is 48.5 Å². The minimum atomic E-state index is -0.380. The summed E-state index contributed by atoms with van der Waals surface area (Å²) < 4.78 is 10.2. The van der Waals surface area contributed by atoms with E-state index >= 15 is 0 Å². The molecule has 0 aliphatic heterocycles. The van der Waals surface area contributed by atoms with E-state index in [1.54, 1.807) is 45.4 Å². The van der Waals surface area contributed by atoms with Crippen molar-refractivity contribution in [2.75, 3.05) is 24.9 Å². The van der Waals surface area contributed by atoms with Crippen LogP contribution in [0.4, 0.5) is 11.4 Å². The molecule has 0 saturated heterocycles. The van der Waals surface area contributed by atoms with Gasteiger partial charge in [0.15, 0.2) is 0 Å². The number of nitrogens with one attached hydrogen (secondary N) is 2. The van der Waals surface area contributed by atoms with Crippen LogP contribution < -0.4 is 20.1 Å². The number of methoxy groups -OCH3 is 2. The van der Waals surface area contributed by atoms with Gasteiger partial charge in [-0.15, -0.1) is 0 Å². The van der Waals surface area contributed by atoms with E-state index in [0.29, 0.717) is 0 Å². The standard InChI is InChI=1S/C17H20N2O3/c1-12(18-14-5-4-6-16(11-14)22-3)17(20)19-13-7-9-15(21-2)10-8-13/h4-12,18H,1-3H3,(H,19,20)/t12-/m0/s1. The highest BCUT2D eigenvalue weighted by Gasteiger charge is 2.13. The number of hydrogen-bond donors (Lipinski definition) is 2. The normalized spacial score (nSPS) is 11.4. The van der Waals surface area contributed by atoms with Gasteiger partial charge in [0.1, 0.15) is 17.5 Å². The first-order valence-corrected chi connectivity index (χ1v) is 6.98. The Bertz CT molecular complexity index is 626. The predicted molar refractivity (Wildman–Crippen MR) is 87.7 cm³/mol. The highest BCUT2D eigenvalue weighted by atomic mass is 16.5. The van der Waals surface area contributed by atoms with Crippen molar-refractivity contribution in [1.82, 2.24) is 0 Å². The van der Waals surface area contributed by atoms with Crippen LogP contribution in [-0.2, 0) is 4.79 Å². The molecule has 0 radical (unpaired) electrons. The first-order valence-electron chi connectivity index (χ1n) is 6.98. The molecule has 0 aromatic heterocycles. The van der Waals surface area contributed by atoms with Crippen LogP contribution in [0.1, 0.15) is 6.92 Å². The second-order valence-corrected chi connectivity index (χ2v) is 4.82. The van der Waals surface area contributed by atoms with Crippen LogP contribution in [0, 0.1) is 0 Å². The Morgan fingerprint density at radius 3 is 2.27 bits per heavy atom. The van der Waals surface area contributed by atoms with Crippen LogP contribution in [0.25, 0.3) is 0 Å². The summed E-state index contributed by atoms with van der Waals surface area (Å²) >= 11 is 0. The van der Waals surface area contributed by atoms with Gasteiger partial charge in [0.2, 0.25) is 5.91 Å². The van der Waals surface area contributed by atoms with Gasteiger partial charge in [-0.3, -0.25) is 4.79 Å². The van der Waals surface area contributed by atoms with Gasteiger partial charge in [0.05, 0.1) is 14.2 Å². The maximum atomic E-state index is 12.2. The van der Waals surface area contributed by atoms with E-state index in [1.165, 1.54) is 0 Å². The SMILES string of the molecule is COc1ccc(NC(=O)[C@H](C)Nc2cccc(OC)c2)cc1. The number of carbonyl (C=O) groups excluding carboxylic acids is 1. The Morgan fingerprint density at radius 1 is 0.955 bits per heavy atom. The molecule has 0 bridgehead atoms. The van der Waals surface area contributed by atoms with Crippen LogP contribution in [0.3, 0.4) is 0 Å². The summed E-state index contributed by atoms with van der Waals surface area (Å²) in [7, 11) is 3.21. The van der Waals surface area contributed by atoms with Gasteiger partial charge in [0, 0.05) is 17.4 Å². The van der Waals surface area contributed by atoms with Crippen molar-refractivity contribution in [2.24, 2.45) is 0 Å². The number of hydrogen-bond acceptors (Lipinski definition) is 4. The lowest BCUT2D eigenvalue weighted by atomic mass is 10.2. The van der Waals surface area contributed by atoms with E-state index < -0.39 is 0 Å². The Morgan fingerprint density at radius 2 is 1.64 bits per heavy atom. The van der Waals surface area contributed by atoms with Crippen LogP contribution in [0.5, 0.6) is 11.5 Å². The molecule has 2 rings (SSSR count). The van der Waals surface area contributed by atoms with Crippen LogP contribution in [-0.4, -0.2) is 26.2 Å². The third kappa shape index (κ3) is 4.15. The predicted octanol–water partition coefficient (Wildman–Crippen LogP) is 3.14. The van der Waals surface area contributed by atoms with Crippen molar-refractivity contribution < 1.29 is 14.3 Å². The second-order valence-electron chi connectivity index (χ2n) is 4.82. The Kier molecular flexibility index (Phi) is 5.25. The maximum absolute atomic E-state index is 12.2. The smallest absolute Gasteiger partial charge is 0.246 e. The topological polar surface area (TPSA) is 59.6 Å². The second kappa shape index (κ2) is 7.36. The highest BCUT2D eigenvalue weighted by Crippen LogP contribution is 2.18. The van der Waals surface area contributed by atoms with E-state index in [1.807, 2.05) is 24.3 Å². The van der Waals surface area contributed by atoms with E-state index in [0.717, 1.165) is 22.9 Å². The van der Waals surface area contributed by atoms with Crippen LogP contribution >= 0.6 is 0 Å². The monoisotopic (exact) mass is 300 g/mol. The van der Waals surface area contributed by atoms with Gasteiger partial charge in [-0.25, -0.2) is 0 Å². The minimum Gasteiger partial charge on any atom is -0.497 e. The summed E-state index contributed by atoms with van der Waals surface area (Å²) in [6, 6.07) is 14.3. The van der Waals surface area contributed by atoms with E-state index in [2.05, 4.69) is 10.6 Å². The van der Waals surface area contributed by atoms with Crippen LogP contribution in [0.2, 0.25) is 0 Å². The molecule has 1 amide bonds. The molecule has 0 unspecified atom stereocenters. The molecule has 0 spiro atoms. The number of anilines is 2. The summed E-state index contributed by atoms with van der Waals surface area (Å²) in [6.07, 6.45) is 0. The van der Waals surface area contributed by atoms with Gasteiger partial charge >= 0.3 is 0 Å². The lowest BCUT2D eigenvalue weighted by Gasteiger charge is -2.16. The van der Waals surface area contributed by atoms with Gasteiger partial charge in [-0.1, -0.05) is 6.07 Å². The highest BCUT2D eigenvalue weighted by molar-refractivity contribution is 5.96. The molecular formula is C17H20N2O3. The fourth-order valence-corrected chi connectivity index (χ4v) is 1.95. The first-order chi connectivity index (χ1) is 10.6. The average Bonchev–Trinajstić information content (AvgIpc) is 2.55.